The lowest BCUT2D eigenvalue weighted by molar-refractivity contribution is -0.145. The van der Waals surface area contributed by atoms with Gasteiger partial charge in [0.2, 0.25) is 0 Å². The fraction of sp³-hybridized carbons (Fsp3) is 0.333. The van der Waals surface area contributed by atoms with Crippen LogP contribution in [0.5, 0.6) is 0 Å². The number of methoxy groups -OCH3 is 2. The van der Waals surface area contributed by atoms with Gasteiger partial charge >= 0.3 is 11.9 Å². The van der Waals surface area contributed by atoms with E-state index in [1.807, 2.05) is 6.07 Å². The number of rotatable bonds is 4. The van der Waals surface area contributed by atoms with Gasteiger partial charge in [-0.05, 0) is 30.2 Å². The quantitative estimate of drug-likeness (QED) is 0.847. The summed E-state index contributed by atoms with van der Waals surface area (Å²) in [6.07, 6.45) is 1.77. The molecule has 0 bridgehead atoms. The van der Waals surface area contributed by atoms with E-state index < -0.39 is 23.8 Å². The summed E-state index contributed by atoms with van der Waals surface area (Å²) in [4.78, 5) is 24.9. The molecule has 1 aliphatic carbocycles. The second-order valence-electron chi connectivity index (χ2n) is 5.44. The summed E-state index contributed by atoms with van der Waals surface area (Å²) in [6.45, 7) is 1.81. The highest BCUT2D eigenvalue weighted by atomic mass is 35.5. The van der Waals surface area contributed by atoms with Crippen molar-refractivity contribution in [2.45, 2.75) is 12.8 Å². The van der Waals surface area contributed by atoms with E-state index in [9.17, 15) is 9.59 Å². The molecule has 0 aliphatic heterocycles. The number of carbonyl (C=O) groups is 2. The normalized spacial score (nSPS) is 20.3. The van der Waals surface area contributed by atoms with E-state index in [2.05, 4.69) is 5.32 Å². The van der Waals surface area contributed by atoms with Gasteiger partial charge in [-0.15, -0.1) is 0 Å². The number of carbonyl (C=O) groups excluding carboxylic acids is 2. The number of nitrogens with one attached hydrogen (secondary N) is 1. The molecule has 0 aromatic heterocycles. The number of allylic oxidation sites excluding steroid dienone is 2. The predicted molar refractivity (Wildman–Crippen MR) is 91.6 cm³/mol. The van der Waals surface area contributed by atoms with Gasteiger partial charge in [0.25, 0.3) is 0 Å². The summed E-state index contributed by atoms with van der Waals surface area (Å²) in [5, 5.41) is 3.50. The third kappa shape index (κ3) is 3.17. The van der Waals surface area contributed by atoms with Gasteiger partial charge in [0.1, 0.15) is 5.92 Å². The van der Waals surface area contributed by atoms with Crippen LogP contribution in [0.2, 0.25) is 5.02 Å². The number of ether oxygens (including phenoxy) is 2. The van der Waals surface area contributed by atoms with Crippen LogP contribution in [0.1, 0.15) is 18.4 Å². The molecule has 0 spiro atoms. The van der Waals surface area contributed by atoms with E-state index in [4.69, 9.17) is 21.1 Å². The molecule has 1 aromatic rings. The zero-order valence-electron chi connectivity index (χ0n) is 14.1. The lowest BCUT2D eigenvalue weighted by Gasteiger charge is -2.33. The summed E-state index contributed by atoms with van der Waals surface area (Å²) in [5.74, 6) is -2.24. The van der Waals surface area contributed by atoms with E-state index in [1.54, 1.807) is 38.2 Å². The van der Waals surface area contributed by atoms with Crippen molar-refractivity contribution in [3.8, 4) is 0 Å². The summed E-state index contributed by atoms with van der Waals surface area (Å²) in [7, 11) is 4.36. The maximum Gasteiger partial charge on any atom is 0.334 e. The summed E-state index contributed by atoms with van der Waals surface area (Å²) >= 11 is 6.36. The Balaban J connectivity index is 2.74. The van der Waals surface area contributed by atoms with E-state index in [0.717, 1.165) is 5.57 Å². The van der Waals surface area contributed by atoms with Crippen LogP contribution in [0.3, 0.4) is 0 Å². The molecule has 0 unspecified atom stereocenters. The Morgan fingerprint density at radius 1 is 1.17 bits per heavy atom. The molecule has 128 valence electrons. The Morgan fingerprint density at radius 3 is 2.38 bits per heavy atom. The molecule has 0 heterocycles. The van der Waals surface area contributed by atoms with Crippen molar-refractivity contribution < 1.29 is 19.1 Å². The van der Waals surface area contributed by atoms with Crippen LogP contribution < -0.4 is 5.32 Å². The van der Waals surface area contributed by atoms with Gasteiger partial charge in [0, 0.05) is 29.3 Å². The van der Waals surface area contributed by atoms with Gasteiger partial charge in [-0.3, -0.25) is 4.79 Å². The number of esters is 2. The van der Waals surface area contributed by atoms with Crippen molar-refractivity contribution in [1.29, 1.82) is 0 Å². The number of hydrogen-bond acceptors (Lipinski definition) is 5. The average molecular weight is 350 g/mol. The van der Waals surface area contributed by atoms with Crippen molar-refractivity contribution in [2.75, 3.05) is 21.3 Å². The topological polar surface area (TPSA) is 64.6 Å². The number of halogens is 1. The Hall–Kier alpha value is -2.27. The van der Waals surface area contributed by atoms with E-state index >= 15 is 0 Å². The second-order valence-corrected chi connectivity index (χ2v) is 5.85. The molecular weight excluding hydrogens is 330 g/mol. The lowest BCUT2D eigenvalue weighted by Crippen LogP contribution is -2.36. The smallest absolute Gasteiger partial charge is 0.334 e. The molecule has 1 N–H and O–H groups in total. The van der Waals surface area contributed by atoms with Gasteiger partial charge in [0.15, 0.2) is 0 Å². The van der Waals surface area contributed by atoms with Crippen molar-refractivity contribution in [2.24, 2.45) is 5.92 Å². The third-order valence-electron chi connectivity index (χ3n) is 4.17. The lowest BCUT2D eigenvalue weighted by atomic mass is 9.73. The molecule has 0 radical (unpaired) electrons. The highest BCUT2D eigenvalue weighted by Gasteiger charge is 2.42. The molecule has 1 aliphatic rings. The minimum Gasteiger partial charge on any atom is -0.468 e. The highest BCUT2D eigenvalue weighted by molar-refractivity contribution is 6.31. The number of hydrogen-bond donors (Lipinski definition) is 1. The summed E-state index contributed by atoms with van der Waals surface area (Å²) in [6, 6.07) is 7.15. The fourth-order valence-corrected chi connectivity index (χ4v) is 3.32. The van der Waals surface area contributed by atoms with Crippen LogP contribution in [-0.4, -0.2) is 33.2 Å². The molecule has 0 amide bonds. The van der Waals surface area contributed by atoms with Crippen molar-refractivity contribution in [1.82, 2.24) is 5.32 Å². The van der Waals surface area contributed by atoms with Crippen LogP contribution in [0.4, 0.5) is 0 Å². The van der Waals surface area contributed by atoms with Crippen LogP contribution in [0.15, 0.2) is 47.2 Å². The van der Waals surface area contributed by atoms with Gasteiger partial charge in [0.05, 0.1) is 14.2 Å². The van der Waals surface area contributed by atoms with Crippen molar-refractivity contribution in [3.05, 3.63) is 57.8 Å². The molecule has 1 aromatic carbocycles. The Labute approximate surface area is 146 Å². The van der Waals surface area contributed by atoms with E-state index in [1.165, 1.54) is 14.2 Å². The standard InChI is InChI=1S/C18H20ClNO4/c1-10-9-13(20-2)16(18(22)24-4)15(14(10)17(21)23-3)11-7-5-6-8-12(11)19/h5-9,15-16,20H,1-4H3/t15-,16-/m1/s1. The first-order chi connectivity index (χ1) is 11.5. The molecule has 0 saturated heterocycles. The first-order valence-corrected chi connectivity index (χ1v) is 7.84. The van der Waals surface area contributed by atoms with Crippen LogP contribution in [0.25, 0.3) is 0 Å². The minimum absolute atomic E-state index is 0.403. The molecule has 0 saturated carbocycles. The van der Waals surface area contributed by atoms with Gasteiger partial charge in [-0.1, -0.05) is 29.8 Å². The average Bonchev–Trinajstić information content (AvgIpc) is 2.59. The fourth-order valence-electron chi connectivity index (χ4n) is 3.07. The zero-order valence-corrected chi connectivity index (χ0v) is 14.8. The maximum absolute atomic E-state index is 12.5. The van der Waals surface area contributed by atoms with Gasteiger partial charge < -0.3 is 14.8 Å². The maximum atomic E-state index is 12.5. The van der Waals surface area contributed by atoms with Crippen molar-refractivity contribution >= 4 is 23.5 Å². The molecule has 5 nitrogen and oxygen atoms in total. The highest BCUT2D eigenvalue weighted by Crippen LogP contribution is 2.44. The van der Waals surface area contributed by atoms with Crippen molar-refractivity contribution in [3.63, 3.8) is 0 Å². The van der Waals surface area contributed by atoms with Crippen LogP contribution in [-0.2, 0) is 19.1 Å². The molecule has 0 fully saturated rings. The number of benzene rings is 1. The first-order valence-electron chi connectivity index (χ1n) is 7.46. The van der Waals surface area contributed by atoms with Gasteiger partial charge in [-0.25, -0.2) is 4.79 Å². The molecule has 2 atom stereocenters. The Morgan fingerprint density at radius 2 is 1.83 bits per heavy atom. The Bertz CT molecular complexity index is 723. The molecule has 24 heavy (non-hydrogen) atoms. The third-order valence-corrected chi connectivity index (χ3v) is 4.51. The van der Waals surface area contributed by atoms with E-state index in [0.29, 0.717) is 21.9 Å². The Kier molecular flexibility index (Phi) is 5.67. The second kappa shape index (κ2) is 7.53. The predicted octanol–water partition coefficient (Wildman–Crippen LogP) is 2.82. The van der Waals surface area contributed by atoms with Crippen LogP contribution >= 0.6 is 11.6 Å². The van der Waals surface area contributed by atoms with Crippen LogP contribution in [0, 0.1) is 5.92 Å². The van der Waals surface area contributed by atoms with E-state index in [-0.39, 0.29) is 0 Å². The molecule has 6 heteroatoms. The first kappa shape index (κ1) is 18.1. The molecule has 2 rings (SSSR count). The summed E-state index contributed by atoms with van der Waals surface area (Å²) in [5.41, 5.74) is 2.46. The summed E-state index contributed by atoms with van der Waals surface area (Å²) < 4.78 is 9.91. The minimum atomic E-state index is -0.710. The zero-order chi connectivity index (χ0) is 17.9. The monoisotopic (exact) mass is 349 g/mol. The van der Waals surface area contributed by atoms with Gasteiger partial charge in [-0.2, -0.15) is 0 Å². The largest absolute Gasteiger partial charge is 0.468 e. The molecular formula is C18H20ClNO4. The SMILES string of the molecule is CNC1=CC(C)=C(C(=O)OC)[C@@H](c2ccccc2Cl)[C@@H]1C(=O)OC.